The third-order valence-corrected chi connectivity index (χ3v) is 3.01. The van der Waals surface area contributed by atoms with Crippen LogP contribution in [0.1, 0.15) is 25.3 Å². The minimum Gasteiger partial charge on any atom is -0.141 e. The molecule has 1 aromatic rings. The third kappa shape index (κ3) is 4.50. The molecule has 0 fully saturated rings. The number of benzene rings is 1. The van der Waals surface area contributed by atoms with Gasteiger partial charge in [-0.25, -0.2) is 0 Å². The van der Waals surface area contributed by atoms with Gasteiger partial charge in [-0.2, -0.15) is 0 Å². The summed E-state index contributed by atoms with van der Waals surface area (Å²) in [4.78, 5) is 0. The normalized spacial score (nSPS) is 11.4. The molecule has 0 spiro atoms. The maximum Gasteiger partial charge on any atom is 0.508 e. The second kappa shape index (κ2) is 6.69. The lowest BCUT2D eigenvalue weighted by Crippen LogP contribution is -1.87. The van der Waals surface area contributed by atoms with Crippen molar-refractivity contribution in [2.75, 3.05) is 6.16 Å². The van der Waals surface area contributed by atoms with Crippen LogP contribution in [0.3, 0.4) is 0 Å². The molecule has 0 aromatic heterocycles. The SMILES string of the molecule is CCCC[P+](=O)OCc1ccccc1. The van der Waals surface area contributed by atoms with Crippen molar-refractivity contribution in [3.8, 4) is 0 Å². The molecule has 3 heteroatoms. The first-order chi connectivity index (χ1) is 6.83. The molecular formula is C11H16O2P+. The summed E-state index contributed by atoms with van der Waals surface area (Å²) < 4.78 is 16.5. The highest BCUT2D eigenvalue weighted by Gasteiger charge is 2.15. The second-order valence-electron chi connectivity index (χ2n) is 3.17. The van der Waals surface area contributed by atoms with Crippen molar-refractivity contribution in [2.24, 2.45) is 0 Å². The Hall–Kier alpha value is -0.720. The number of hydrogen-bond acceptors (Lipinski definition) is 2. The van der Waals surface area contributed by atoms with Crippen LogP contribution >= 0.6 is 8.03 Å². The van der Waals surface area contributed by atoms with E-state index in [9.17, 15) is 4.57 Å². The molecule has 0 aliphatic carbocycles. The summed E-state index contributed by atoms with van der Waals surface area (Å²) in [7, 11) is -1.46. The van der Waals surface area contributed by atoms with Gasteiger partial charge >= 0.3 is 8.03 Å². The molecule has 0 aliphatic rings. The van der Waals surface area contributed by atoms with Crippen LogP contribution in [-0.2, 0) is 15.7 Å². The second-order valence-corrected chi connectivity index (χ2v) is 4.54. The predicted octanol–water partition coefficient (Wildman–Crippen LogP) is 3.75. The molecule has 1 unspecified atom stereocenters. The maximum atomic E-state index is 11.3. The molecule has 0 saturated carbocycles. The van der Waals surface area contributed by atoms with Crippen molar-refractivity contribution in [2.45, 2.75) is 26.4 Å². The molecule has 2 nitrogen and oxygen atoms in total. The quantitative estimate of drug-likeness (QED) is 0.670. The molecule has 0 heterocycles. The molecule has 0 N–H and O–H groups in total. The Morgan fingerprint density at radius 3 is 2.64 bits per heavy atom. The van der Waals surface area contributed by atoms with Gasteiger partial charge in [0.25, 0.3) is 0 Å². The number of unbranched alkanes of at least 4 members (excludes halogenated alkanes) is 1. The van der Waals surface area contributed by atoms with Crippen LogP contribution < -0.4 is 0 Å². The fourth-order valence-electron chi connectivity index (χ4n) is 1.07. The zero-order valence-corrected chi connectivity index (χ0v) is 9.37. The average Bonchev–Trinajstić information content (AvgIpc) is 2.25. The van der Waals surface area contributed by atoms with E-state index in [2.05, 4.69) is 6.92 Å². The summed E-state index contributed by atoms with van der Waals surface area (Å²) in [6.45, 7) is 2.54. The largest absolute Gasteiger partial charge is 0.508 e. The summed E-state index contributed by atoms with van der Waals surface area (Å²) in [5.74, 6) is 0. The fourth-order valence-corrected chi connectivity index (χ4v) is 2.07. The Balaban J connectivity index is 2.24. The van der Waals surface area contributed by atoms with Crippen LogP contribution in [0.25, 0.3) is 0 Å². The summed E-state index contributed by atoms with van der Waals surface area (Å²) in [6.07, 6.45) is 2.72. The van der Waals surface area contributed by atoms with Crippen LogP contribution in [0.15, 0.2) is 30.3 Å². The molecule has 0 bridgehead atoms. The summed E-state index contributed by atoms with van der Waals surface area (Å²) >= 11 is 0. The van der Waals surface area contributed by atoms with Crippen LogP contribution in [0.4, 0.5) is 0 Å². The maximum absolute atomic E-state index is 11.3. The summed E-state index contributed by atoms with van der Waals surface area (Å²) in [6, 6.07) is 9.82. The fraction of sp³-hybridized carbons (Fsp3) is 0.455. The van der Waals surface area contributed by atoms with E-state index < -0.39 is 8.03 Å². The van der Waals surface area contributed by atoms with Gasteiger partial charge in [0.1, 0.15) is 6.61 Å². The van der Waals surface area contributed by atoms with Crippen molar-refractivity contribution in [1.29, 1.82) is 0 Å². The van der Waals surface area contributed by atoms with E-state index in [1.54, 1.807) is 0 Å². The van der Waals surface area contributed by atoms with Gasteiger partial charge in [-0.15, -0.1) is 4.52 Å². The highest BCUT2D eigenvalue weighted by molar-refractivity contribution is 7.39. The topological polar surface area (TPSA) is 26.3 Å². The van der Waals surface area contributed by atoms with Gasteiger partial charge in [0.2, 0.25) is 0 Å². The lowest BCUT2D eigenvalue weighted by Gasteiger charge is -1.93. The molecule has 0 radical (unpaired) electrons. The van der Waals surface area contributed by atoms with Crippen molar-refractivity contribution in [3.63, 3.8) is 0 Å². The Morgan fingerprint density at radius 1 is 1.29 bits per heavy atom. The molecular weight excluding hydrogens is 195 g/mol. The third-order valence-electron chi connectivity index (χ3n) is 1.91. The van der Waals surface area contributed by atoms with Gasteiger partial charge in [-0.1, -0.05) is 43.7 Å². The van der Waals surface area contributed by atoms with E-state index in [4.69, 9.17) is 4.52 Å². The Bertz CT molecular complexity index is 272. The molecule has 76 valence electrons. The Labute approximate surface area is 86.2 Å². The summed E-state index contributed by atoms with van der Waals surface area (Å²) in [5, 5.41) is 0. The smallest absolute Gasteiger partial charge is 0.141 e. The van der Waals surface area contributed by atoms with Gasteiger partial charge in [0, 0.05) is 0 Å². The van der Waals surface area contributed by atoms with Gasteiger partial charge < -0.3 is 0 Å². The van der Waals surface area contributed by atoms with Crippen molar-refractivity contribution >= 4 is 8.03 Å². The zero-order chi connectivity index (χ0) is 10.2. The molecule has 0 saturated heterocycles. The lowest BCUT2D eigenvalue weighted by atomic mass is 10.2. The number of rotatable bonds is 6. The predicted molar refractivity (Wildman–Crippen MR) is 58.6 cm³/mol. The first-order valence-corrected chi connectivity index (χ1v) is 6.30. The molecule has 14 heavy (non-hydrogen) atoms. The van der Waals surface area contributed by atoms with Crippen LogP contribution in [0, 0.1) is 0 Å². The lowest BCUT2D eigenvalue weighted by molar-refractivity contribution is 0.318. The highest BCUT2D eigenvalue weighted by atomic mass is 31.1. The molecule has 1 rings (SSSR count). The minimum atomic E-state index is -1.46. The average molecular weight is 211 g/mol. The van der Waals surface area contributed by atoms with Crippen LogP contribution in [0.5, 0.6) is 0 Å². The van der Waals surface area contributed by atoms with E-state index in [-0.39, 0.29) is 0 Å². The number of hydrogen-bond donors (Lipinski definition) is 0. The minimum absolute atomic E-state index is 0.458. The van der Waals surface area contributed by atoms with Crippen LogP contribution in [-0.4, -0.2) is 6.16 Å². The first-order valence-electron chi connectivity index (χ1n) is 4.94. The molecule has 1 aromatic carbocycles. The Morgan fingerprint density at radius 2 is 2.00 bits per heavy atom. The van der Waals surface area contributed by atoms with E-state index in [0.717, 1.165) is 18.4 Å². The van der Waals surface area contributed by atoms with Gasteiger partial charge in [0.15, 0.2) is 6.16 Å². The van der Waals surface area contributed by atoms with Crippen molar-refractivity contribution in [1.82, 2.24) is 0 Å². The standard InChI is InChI=1S/C11H16O2P/c1-2-3-9-14(12)13-10-11-7-5-4-6-8-11/h4-8H,2-3,9-10H2,1H3/q+1. The van der Waals surface area contributed by atoms with Crippen LogP contribution in [0.2, 0.25) is 0 Å². The van der Waals surface area contributed by atoms with Gasteiger partial charge in [-0.05, 0) is 16.5 Å². The van der Waals surface area contributed by atoms with E-state index in [0.29, 0.717) is 12.8 Å². The molecule has 0 amide bonds. The van der Waals surface area contributed by atoms with E-state index in [1.807, 2.05) is 30.3 Å². The summed E-state index contributed by atoms with van der Waals surface area (Å²) in [5.41, 5.74) is 1.08. The van der Waals surface area contributed by atoms with Crippen molar-refractivity contribution in [3.05, 3.63) is 35.9 Å². The zero-order valence-electron chi connectivity index (χ0n) is 8.48. The van der Waals surface area contributed by atoms with Gasteiger partial charge in [0.05, 0.1) is 0 Å². The molecule has 1 atom stereocenters. The van der Waals surface area contributed by atoms with Gasteiger partial charge in [-0.3, -0.25) is 0 Å². The highest BCUT2D eigenvalue weighted by Crippen LogP contribution is 2.25. The van der Waals surface area contributed by atoms with E-state index in [1.165, 1.54) is 0 Å². The van der Waals surface area contributed by atoms with Crippen molar-refractivity contribution < 1.29 is 9.09 Å². The molecule has 0 aliphatic heterocycles. The first kappa shape index (κ1) is 11.4. The van der Waals surface area contributed by atoms with E-state index >= 15 is 0 Å². The Kier molecular flexibility index (Phi) is 5.43. The monoisotopic (exact) mass is 211 g/mol.